The largest absolute Gasteiger partial charge is 0.497 e. The quantitative estimate of drug-likeness (QED) is 0.909. The molecule has 0 aliphatic carbocycles. The van der Waals surface area contributed by atoms with Crippen LogP contribution in [0.2, 0.25) is 0 Å². The van der Waals surface area contributed by atoms with E-state index in [4.69, 9.17) is 4.74 Å². The molecular formula is C14H19N5O. The van der Waals surface area contributed by atoms with Crippen molar-refractivity contribution in [3.8, 4) is 5.75 Å². The number of hydrogen-bond donors (Lipinski definition) is 1. The summed E-state index contributed by atoms with van der Waals surface area (Å²) >= 11 is 0. The first-order valence-corrected chi connectivity index (χ1v) is 6.95. The summed E-state index contributed by atoms with van der Waals surface area (Å²) in [5.74, 6) is 1.32. The monoisotopic (exact) mass is 273 g/mol. The highest BCUT2D eigenvalue weighted by molar-refractivity contribution is 5.31. The van der Waals surface area contributed by atoms with Crippen LogP contribution in [0.5, 0.6) is 5.75 Å². The van der Waals surface area contributed by atoms with Crippen molar-refractivity contribution in [1.29, 1.82) is 0 Å². The molecule has 1 fully saturated rings. The fourth-order valence-electron chi connectivity index (χ4n) is 2.87. The molecule has 0 saturated carbocycles. The molecule has 1 saturated heterocycles. The number of rotatable bonds is 4. The molecule has 0 unspecified atom stereocenters. The molecule has 1 N–H and O–H groups in total. The van der Waals surface area contributed by atoms with Gasteiger partial charge in [0.15, 0.2) is 6.33 Å². The van der Waals surface area contributed by atoms with Crippen LogP contribution < -0.4 is 10.1 Å². The van der Waals surface area contributed by atoms with Crippen molar-refractivity contribution in [2.24, 2.45) is 5.92 Å². The van der Waals surface area contributed by atoms with Crippen molar-refractivity contribution in [2.75, 3.05) is 20.2 Å². The lowest BCUT2D eigenvalue weighted by molar-refractivity contribution is 0.261. The molecule has 106 valence electrons. The van der Waals surface area contributed by atoms with Crippen LogP contribution in [0.15, 0.2) is 30.6 Å². The first-order chi connectivity index (χ1) is 9.88. The van der Waals surface area contributed by atoms with Crippen molar-refractivity contribution >= 4 is 0 Å². The van der Waals surface area contributed by atoms with Gasteiger partial charge in [-0.1, -0.05) is 12.1 Å². The third-order valence-corrected chi connectivity index (χ3v) is 3.83. The van der Waals surface area contributed by atoms with Gasteiger partial charge in [-0.3, -0.25) is 0 Å². The van der Waals surface area contributed by atoms with E-state index in [9.17, 15) is 0 Å². The molecular weight excluding hydrogens is 254 g/mol. The smallest absolute Gasteiger partial charge is 0.162 e. The summed E-state index contributed by atoms with van der Waals surface area (Å²) in [5.41, 5.74) is 1.16. The Bertz CT molecular complexity index is 536. The molecule has 2 aromatic rings. The second-order valence-corrected chi connectivity index (χ2v) is 5.08. The molecule has 1 aromatic heterocycles. The van der Waals surface area contributed by atoms with E-state index in [0.29, 0.717) is 5.92 Å². The maximum absolute atomic E-state index is 5.33. The highest BCUT2D eigenvalue weighted by atomic mass is 16.5. The fourth-order valence-corrected chi connectivity index (χ4v) is 2.87. The number of methoxy groups -OCH3 is 1. The van der Waals surface area contributed by atoms with Crippen molar-refractivity contribution in [1.82, 2.24) is 25.5 Å². The van der Waals surface area contributed by atoms with Crippen LogP contribution in [0.25, 0.3) is 0 Å². The van der Waals surface area contributed by atoms with Crippen molar-refractivity contribution < 1.29 is 4.74 Å². The molecule has 0 radical (unpaired) electrons. The van der Waals surface area contributed by atoms with Gasteiger partial charge in [-0.05, 0) is 48.2 Å². The average Bonchev–Trinajstić information content (AvgIpc) is 3.03. The molecule has 20 heavy (non-hydrogen) atoms. The number of benzene rings is 1. The summed E-state index contributed by atoms with van der Waals surface area (Å²) in [6.45, 7) is 2.07. The van der Waals surface area contributed by atoms with E-state index in [1.165, 1.54) is 12.7 Å². The zero-order valence-corrected chi connectivity index (χ0v) is 11.6. The minimum absolute atomic E-state index is 0.0976. The molecule has 6 nitrogen and oxygen atoms in total. The number of nitrogens with one attached hydrogen (secondary N) is 1. The van der Waals surface area contributed by atoms with Gasteiger partial charge in [0.2, 0.25) is 0 Å². The molecule has 0 bridgehead atoms. The highest BCUT2D eigenvalue weighted by Crippen LogP contribution is 2.31. The van der Waals surface area contributed by atoms with Gasteiger partial charge in [0, 0.05) is 6.54 Å². The summed E-state index contributed by atoms with van der Waals surface area (Å²) in [5, 5.41) is 15.7. The Kier molecular flexibility index (Phi) is 3.92. The molecule has 0 amide bonds. The minimum atomic E-state index is 0.0976. The Balaban J connectivity index is 1.95. The van der Waals surface area contributed by atoms with Gasteiger partial charge in [-0.2, -0.15) is 4.80 Å². The molecule has 6 heteroatoms. The summed E-state index contributed by atoms with van der Waals surface area (Å²) < 4.78 is 5.33. The van der Waals surface area contributed by atoms with Gasteiger partial charge in [-0.15, -0.1) is 10.2 Å². The van der Waals surface area contributed by atoms with E-state index >= 15 is 0 Å². The van der Waals surface area contributed by atoms with Crippen LogP contribution in [0.4, 0.5) is 0 Å². The van der Waals surface area contributed by atoms with Gasteiger partial charge in [0.05, 0.1) is 7.11 Å². The third-order valence-electron chi connectivity index (χ3n) is 3.83. The number of aromatic nitrogens is 4. The molecule has 1 aliphatic rings. The van der Waals surface area contributed by atoms with Gasteiger partial charge in [0.1, 0.15) is 11.8 Å². The minimum Gasteiger partial charge on any atom is -0.497 e. The standard InChI is InChI=1S/C14H19N5O/c1-20-13-6-2-4-11(8-13)14(19-17-10-16-18-19)12-5-3-7-15-9-12/h2,4,6,8,10,12,14-15H,3,5,7,9H2,1H3/t12-,14+/m0/s1. The fraction of sp³-hybridized carbons (Fsp3) is 0.500. The number of ether oxygens (including phenoxy) is 1. The van der Waals surface area contributed by atoms with E-state index in [-0.39, 0.29) is 6.04 Å². The second kappa shape index (κ2) is 6.00. The second-order valence-electron chi connectivity index (χ2n) is 5.08. The van der Waals surface area contributed by atoms with Crippen molar-refractivity contribution in [2.45, 2.75) is 18.9 Å². The zero-order valence-electron chi connectivity index (χ0n) is 11.6. The summed E-state index contributed by atoms with van der Waals surface area (Å²) in [7, 11) is 1.68. The van der Waals surface area contributed by atoms with Crippen molar-refractivity contribution in [3.05, 3.63) is 36.2 Å². The SMILES string of the molecule is COc1cccc([C@H]([C@H]2CCCNC2)n2ncnn2)c1. The van der Waals surface area contributed by atoms with Crippen LogP contribution in [-0.4, -0.2) is 40.4 Å². The lowest BCUT2D eigenvalue weighted by Crippen LogP contribution is -2.36. The number of hydrogen-bond acceptors (Lipinski definition) is 5. The van der Waals surface area contributed by atoms with Gasteiger partial charge in [-0.25, -0.2) is 0 Å². The third kappa shape index (κ3) is 2.65. The molecule has 0 spiro atoms. The lowest BCUT2D eigenvalue weighted by Gasteiger charge is -2.30. The Morgan fingerprint density at radius 1 is 1.45 bits per heavy atom. The van der Waals surface area contributed by atoms with Gasteiger partial charge < -0.3 is 10.1 Å². The lowest BCUT2D eigenvalue weighted by atomic mass is 9.87. The van der Waals surface area contributed by atoms with E-state index in [0.717, 1.165) is 30.8 Å². The predicted octanol–water partition coefficient (Wildman–Crippen LogP) is 1.27. The number of tetrazole rings is 1. The molecule has 1 aromatic carbocycles. The average molecular weight is 273 g/mol. The normalized spacial score (nSPS) is 20.6. The van der Waals surface area contributed by atoms with E-state index < -0.39 is 0 Å². The van der Waals surface area contributed by atoms with Gasteiger partial charge >= 0.3 is 0 Å². The Morgan fingerprint density at radius 3 is 3.10 bits per heavy atom. The number of nitrogens with zero attached hydrogens (tertiary/aromatic N) is 4. The van der Waals surface area contributed by atoms with Crippen LogP contribution in [-0.2, 0) is 0 Å². The molecule has 3 rings (SSSR count). The molecule has 1 aliphatic heterocycles. The Morgan fingerprint density at radius 2 is 2.40 bits per heavy atom. The number of piperidine rings is 1. The van der Waals surface area contributed by atoms with Crippen LogP contribution >= 0.6 is 0 Å². The van der Waals surface area contributed by atoms with E-state index in [2.05, 4.69) is 32.9 Å². The summed E-state index contributed by atoms with van der Waals surface area (Å²) in [4.78, 5) is 1.71. The first-order valence-electron chi connectivity index (χ1n) is 6.95. The Hall–Kier alpha value is -1.95. The first kappa shape index (κ1) is 13.1. The maximum atomic E-state index is 5.33. The maximum Gasteiger partial charge on any atom is 0.162 e. The van der Waals surface area contributed by atoms with Crippen LogP contribution in [0.3, 0.4) is 0 Å². The molecule has 2 atom stereocenters. The predicted molar refractivity (Wildman–Crippen MR) is 74.5 cm³/mol. The molecule has 2 heterocycles. The highest BCUT2D eigenvalue weighted by Gasteiger charge is 2.28. The topological polar surface area (TPSA) is 64.9 Å². The summed E-state index contributed by atoms with van der Waals surface area (Å²) in [6, 6.07) is 8.22. The van der Waals surface area contributed by atoms with Gasteiger partial charge in [0.25, 0.3) is 0 Å². The summed E-state index contributed by atoms with van der Waals surface area (Å²) in [6.07, 6.45) is 3.83. The van der Waals surface area contributed by atoms with Crippen molar-refractivity contribution in [3.63, 3.8) is 0 Å². The van der Waals surface area contributed by atoms with E-state index in [1.54, 1.807) is 11.9 Å². The van der Waals surface area contributed by atoms with Crippen LogP contribution in [0, 0.1) is 5.92 Å². The zero-order chi connectivity index (χ0) is 13.8. The van der Waals surface area contributed by atoms with E-state index in [1.807, 2.05) is 12.1 Å². The van der Waals surface area contributed by atoms with Crippen LogP contribution in [0.1, 0.15) is 24.4 Å². The Labute approximate surface area is 118 Å².